The van der Waals surface area contributed by atoms with E-state index in [-0.39, 0.29) is 0 Å². The van der Waals surface area contributed by atoms with Gasteiger partial charge in [0.25, 0.3) is 0 Å². The van der Waals surface area contributed by atoms with E-state index in [1.54, 1.807) is 0 Å². The third-order valence-electron chi connectivity index (χ3n) is 4.05. The van der Waals surface area contributed by atoms with Crippen LogP contribution in [0.1, 0.15) is 31.5 Å². The molecule has 0 aromatic carbocycles. The minimum absolute atomic E-state index is 0.505. The maximum absolute atomic E-state index is 4.80. The van der Waals surface area contributed by atoms with Gasteiger partial charge in [0.05, 0.1) is 0 Å². The number of nitrogens with one attached hydrogen (secondary N) is 1. The summed E-state index contributed by atoms with van der Waals surface area (Å²) in [5, 5.41) is 3.16. The SMILES string of the molecule is CNc1cc(N2CCN(C)CC2C)nc(C2CC2)n1. The minimum Gasteiger partial charge on any atom is -0.373 e. The van der Waals surface area contributed by atoms with E-state index in [0.29, 0.717) is 12.0 Å². The van der Waals surface area contributed by atoms with Crippen LogP contribution in [0.3, 0.4) is 0 Å². The molecule has 0 spiro atoms. The van der Waals surface area contributed by atoms with Crippen molar-refractivity contribution in [3.63, 3.8) is 0 Å². The lowest BCUT2D eigenvalue weighted by Crippen LogP contribution is -2.50. The van der Waals surface area contributed by atoms with E-state index < -0.39 is 0 Å². The standard InChI is InChI=1S/C14H23N5/c1-10-9-18(3)6-7-19(10)13-8-12(15-2)16-14(17-13)11-4-5-11/h8,10-11H,4-7,9H2,1-3H3,(H,15,16,17). The highest BCUT2D eigenvalue weighted by Crippen LogP contribution is 2.39. The molecule has 1 aromatic rings. The molecule has 5 heteroatoms. The maximum atomic E-state index is 4.80. The lowest BCUT2D eigenvalue weighted by atomic mass is 10.2. The third kappa shape index (κ3) is 2.66. The molecule has 3 rings (SSSR count). The monoisotopic (exact) mass is 261 g/mol. The van der Waals surface area contributed by atoms with Crippen molar-refractivity contribution in [2.24, 2.45) is 0 Å². The van der Waals surface area contributed by atoms with Gasteiger partial charge in [0.2, 0.25) is 0 Å². The number of hydrogen-bond acceptors (Lipinski definition) is 5. The largest absolute Gasteiger partial charge is 0.373 e. The fraction of sp³-hybridized carbons (Fsp3) is 0.714. The van der Waals surface area contributed by atoms with Crippen LogP contribution in [0.4, 0.5) is 11.6 Å². The Morgan fingerprint density at radius 2 is 2.05 bits per heavy atom. The lowest BCUT2D eigenvalue weighted by Gasteiger charge is -2.39. The molecule has 2 fully saturated rings. The van der Waals surface area contributed by atoms with Gasteiger partial charge in [-0.2, -0.15) is 0 Å². The Morgan fingerprint density at radius 3 is 2.68 bits per heavy atom. The zero-order valence-corrected chi connectivity index (χ0v) is 12.1. The molecule has 0 bridgehead atoms. The van der Waals surface area contributed by atoms with Gasteiger partial charge in [-0.1, -0.05) is 0 Å². The van der Waals surface area contributed by atoms with Gasteiger partial charge in [0.15, 0.2) is 0 Å². The fourth-order valence-electron chi connectivity index (χ4n) is 2.73. The van der Waals surface area contributed by atoms with Crippen molar-refractivity contribution < 1.29 is 0 Å². The lowest BCUT2D eigenvalue weighted by molar-refractivity contribution is 0.274. The molecule has 1 unspecified atom stereocenters. The molecule has 1 saturated heterocycles. The maximum Gasteiger partial charge on any atom is 0.136 e. The number of likely N-dealkylation sites (N-methyl/N-ethyl adjacent to an activating group) is 1. The third-order valence-corrected chi connectivity index (χ3v) is 4.05. The zero-order chi connectivity index (χ0) is 13.4. The Labute approximate surface area is 115 Å². The Hall–Kier alpha value is -1.36. The van der Waals surface area contributed by atoms with Crippen molar-refractivity contribution in [2.75, 3.05) is 43.9 Å². The van der Waals surface area contributed by atoms with Crippen LogP contribution in [0.25, 0.3) is 0 Å². The quantitative estimate of drug-likeness (QED) is 0.894. The molecule has 0 amide bonds. The van der Waals surface area contributed by atoms with Crippen LogP contribution >= 0.6 is 0 Å². The first-order chi connectivity index (χ1) is 9.17. The van der Waals surface area contributed by atoms with E-state index in [1.807, 2.05) is 7.05 Å². The van der Waals surface area contributed by atoms with Gasteiger partial charge >= 0.3 is 0 Å². The average molecular weight is 261 g/mol. The van der Waals surface area contributed by atoms with Crippen molar-refractivity contribution in [2.45, 2.75) is 31.7 Å². The first-order valence-electron chi connectivity index (χ1n) is 7.19. The number of hydrogen-bond donors (Lipinski definition) is 1. The number of rotatable bonds is 3. The second kappa shape index (κ2) is 4.96. The van der Waals surface area contributed by atoms with Crippen molar-refractivity contribution in [3.05, 3.63) is 11.9 Å². The van der Waals surface area contributed by atoms with Crippen LogP contribution in [0.5, 0.6) is 0 Å². The molecular weight excluding hydrogens is 238 g/mol. The van der Waals surface area contributed by atoms with Gasteiger partial charge in [0.1, 0.15) is 17.5 Å². The molecule has 2 aliphatic rings. The molecule has 1 aromatic heterocycles. The Kier molecular flexibility index (Phi) is 3.31. The zero-order valence-electron chi connectivity index (χ0n) is 12.1. The molecule has 5 nitrogen and oxygen atoms in total. The Morgan fingerprint density at radius 1 is 1.26 bits per heavy atom. The van der Waals surface area contributed by atoms with Gasteiger partial charge < -0.3 is 15.1 Å². The molecule has 1 aliphatic carbocycles. The van der Waals surface area contributed by atoms with Crippen LogP contribution < -0.4 is 10.2 Å². The number of anilines is 2. The predicted molar refractivity (Wildman–Crippen MR) is 77.9 cm³/mol. The molecule has 1 atom stereocenters. The first kappa shape index (κ1) is 12.7. The van der Waals surface area contributed by atoms with Gasteiger partial charge in [-0.3, -0.25) is 0 Å². The number of nitrogens with zero attached hydrogens (tertiary/aromatic N) is 4. The summed E-state index contributed by atoms with van der Waals surface area (Å²) < 4.78 is 0. The summed E-state index contributed by atoms with van der Waals surface area (Å²) in [6, 6.07) is 2.58. The molecule has 104 valence electrons. The summed E-state index contributed by atoms with van der Waals surface area (Å²) in [6.45, 7) is 5.51. The Balaban J connectivity index is 1.88. The topological polar surface area (TPSA) is 44.3 Å². The summed E-state index contributed by atoms with van der Waals surface area (Å²) in [4.78, 5) is 14.2. The molecule has 0 radical (unpaired) electrons. The summed E-state index contributed by atoms with van der Waals surface area (Å²) in [6.07, 6.45) is 2.48. The van der Waals surface area contributed by atoms with Crippen LogP contribution in [-0.2, 0) is 0 Å². The van der Waals surface area contributed by atoms with Gasteiger partial charge in [0, 0.05) is 44.7 Å². The van der Waals surface area contributed by atoms with Crippen LogP contribution in [0.2, 0.25) is 0 Å². The van der Waals surface area contributed by atoms with E-state index in [4.69, 9.17) is 4.98 Å². The first-order valence-corrected chi connectivity index (χ1v) is 7.19. The normalized spacial score (nSPS) is 24.6. The number of piperazine rings is 1. The number of aromatic nitrogens is 2. The minimum atomic E-state index is 0.505. The van der Waals surface area contributed by atoms with E-state index in [2.05, 4.69) is 40.1 Å². The second-order valence-electron chi connectivity index (χ2n) is 5.80. The highest BCUT2D eigenvalue weighted by Gasteiger charge is 2.29. The van der Waals surface area contributed by atoms with Crippen molar-refractivity contribution in [1.29, 1.82) is 0 Å². The predicted octanol–water partition coefficient (Wildman–Crippen LogP) is 1.54. The van der Waals surface area contributed by atoms with E-state index in [9.17, 15) is 0 Å². The van der Waals surface area contributed by atoms with Crippen molar-refractivity contribution in [3.8, 4) is 0 Å². The Bertz CT molecular complexity index is 457. The van der Waals surface area contributed by atoms with Crippen LogP contribution in [0.15, 0.2) is 6.07 Å². The fourth-order valence-corrected chi connectivity index (χ4v) is 2.73. The van der Waals surface area contributed by atoms with Crippen LogP contribution in [-0.4, -0.2) is 54.6 Å². The summed E-state index contributed by atoms with van der Waals surface area (Å²) >= 11 is 0. The van der Waals surface area contributed by atoms with Gasteiger partial charge in [-0.05, 0) is 26.8 Å². The molecule has 19 heavy (non-hydrogen) atoms. The molecule has 1 N–H and O–H groups in total. The van der Waals surface area contributed by atoms with Gasteiger partial charge in [-0.15, -0.1) is 0 Å². The highest BCUT2D eigenvalue weighted by atomic mass is 15.3. The van der Waals surface area contributed by atoms with Crippen molar-refractivity contribution in [1.82, 2.24) is 14.9 Å². The molecule has 1 aliphatic heterocycles. The molecular formula is C14H23N5. The van der Waals surface area contributed by atoms with E-state index in [1.165, 1.54) is 12.8 Å². The molecule has 1 saturated carbocycles. The summed E-state index contributed by atoms with van der Waals surface area (Å²) in [5.74, 6) is 3.64. The second-order valence-corrected chi connectivity index (χ2v) is 5.80. The highest BCUT2D eigenvalue weighted by molar-refractivity contribution is 5.50. The van der Waals surface area contributed by atoms with Gasteiger partial charge in [-0.25, -0.2) is 9.97 Å². The molecule has 2 heterocycles. The van der Waals surface area contributed by atoms with Crippen LogP contribution in [0, 0.1) is 0 Å². The van der Waals surface area contributed by atoms with E-state index >= 15 is 0 Å². The summed E-state index contributed by atoms with van der Waals surface area (Å²) in [7, 11) is 4.11. The van der Waals surface area contributed by atoms with Crippen molar-refractivity contribution >= 4 is 11.6 Å². The summed E-state index contributed by atoms with van der Waals surface area (Å²) in [5.41, 5.74) is 0. The smallest absolute Gasteiger partial charge is 0.136 e. The van der Waals surface area contributed by atoms with E-state index in [0.717, 1.165) is 37.1 Å². The average Bonchev–Trinajstić information content (AvgIpc) is 3.22.